The maximum Gasteiger partial charge on any atom is 0.243 e. The molecule has 0 unspecified atom stereocenters. The van der Waals surface area contributed by atoms with Gasteiger partial charge in [-0.1, -0.05) is 18.2 Å². The van der Waals surface area contributed by atoms with E-state index in [9.17, 15) is 13.2 Å². The summed E-state index contributed by atoms with van der Waals surface area (Å²) in [7, 11) is -3.56. The van der Waals surface area contributed by atoms with E-state index in [2.05, 4.69) is 12.2 Å². The summed E-state index contributed by atoms with van der Waals surface area (Å²) in [6.07, 6.45) is 6.91. The van der Waals surface area contributed by atoms with E-state index < -0.39 is 10.0 Å². The summed E-state index contributed by atoms with van der Waals surface area (Å²) >= 11 is 0. The quantitative estimate of drug-likeness (QED) is 0.742. The second-order valence-electron chi connectivity index (χ2n) is 7.84. The van der Waals surface area contributed by atoms with Crippen molar-refractivity contribution in [3.05, 3.63) is 40.5 Å². The van der Waals surface area contributed by atoms with E-state index in [1.54, 1.807) is 4.31 Å². The van der Waals surface area contributed by atoms with E-state index in [4.69, 9.17) is 0 Å². The molecular weight excluding hydrogens is 360 g/mol. The van der Waals surface area contributed by atoms with Crippen molar-refractivity contribution in [3.8, 4) is 0 Å². The second-order valence-corrected chi connectivity index (χ2v) is 9.72. The number of piperazine rings is 1. The number of rotatable bonds is 4. The molecule has 1 atom stereocenters. The first-order chi connectivity index (χ1) is 12.7. The minimum atomic E-state index is -3.56. The zero-order valence-electron chi connectivity index (χ0n) is 16.8. The van der Waals surface area contributed by atoms with Gasteiger partial charge in [-0.2, -0.15) is 4.31 Å². The van der Waals surface area contributed by atoms with Gasteiger partial charge >= 0.3 is 0 Å². The van der Waals surface area contributed by atoms with Gasteiger partial charge in [-0.05, 0) is 68.7 Å². The highest BCUT2D eigenvalue weighted by atomic mass is 32.2. The fourth-order valence-corrected chi connectivity index (χ4v) is 6.09. The van der Waals surface area contributed by atoms with Crippen LogP contribution in [0.4, 0.5) is 0 Å². The largest absolute Gasteiger partial charge is 0.340 e. The molecule has 6 heteroatoms. The monoisotopic (exact) mass is 390 g/mol. The summed E-state index contributed by atoms with van der Waals surface area (Å²) < 4.78 is 28.1. The number of aryl methyl sites for hydroxylation is 2. The number of amides is 1. The first kappa shape index (κ1) is 20.1. The lowest BCUT2D eigenvalue weighted by Crippen LogP contribution is -2.50. The van der Waals surface area contributed by atoms with E-state index in [1.165, 1.54) is 0 Å². The number of benzene rings is 1. The van der Waals surface area contributed by atoms with E-state index in [0.29, 0.717) is 43.4 Å². The van der Waals surface area contributed by atoms with Crippen LogP contribution in [-0.2, 0) is 14.8 Å². The third-order valence-corrected chi connectivity index (χ3v) is 8.21. The van der Waals surface area contributed by atoms with E-state index in [1.807, 2.05) is 38.7 Å². The Morgan fingerprint density at radius 3 is 2.15 bits per heavy atom. The second kappa shape index (κ2) is 7.76. The molecule has 1 saturated heterocycles. The van der Waals surface area contributed by atoms with Crippen LogP contribution >= 0.6 is 0 Å². The lowest BCUT2D eigenvalue weighted by atomic mass is 10.0. The predicted molar refractivity (Wildman–Crippen MR) is 107 cm³/mol. The van der Waals surface area contributed by atoms with E-state index in [-0.39, 0.29) is 5.91 Å². The molecule has 0 N–H and O–H groups in total. The summed E-state index contributed by atoms with van der Waals surface area (Å²) in [5.74, 6) is 0.488. The van der Waals surface area contributed by atoms with Gasteiger partial charge < -0.3 is 4.90 Å². The normalized spacial score (nSPS) is 21.0. The molecule has 0 bridgehead atoms. The molecule has 0 spiro atoms. The van der Waals surface area contributed by atoms with Crippen molar-refractivity contribution in [2.24, 2.45) is 5.92 Å². The Morgan fingerprint density at radius 2 is 1.63 bits per heavy atom. The Balaban J connectivity index is 1.72. The first-order valence-electron chi connectivity index (χ1n) is 9.73. The van der Waals surface area contributed by atoms with Crippen molar-refractivity contribution in [1.82, 2.24) is 9.21 Å². The van der Waals surface area contributed by atoms with Crippen molar-refractivity contribution >= 4 is 15.9 Å². The summed E-state index contributed by atoms with van der Waals surface area (Å²) in [6.45, 7) is 9.33. The molecule has 3 rings (SSSR count). The van der Waals surface area contributed by atoms with Crippen molar-refractivity contribution in [1.29, 1.82) is 0 Å². The summed E-state index contributed by atoms with van der Waals surface area (Å²) in [6, 6.07) is 2.04. The number of hydrogen-bond acceptors (Lipinski definition) is 3. The lowest BCUT2D eigenvalue weighted by Gasteiger charge is -2.35. The summed E-state index contributed by atoms with van der Waals surface area (Å²) in [5.41, 5.74) is 3.64. The van der Waals surface area contributed by atoms with Crippen LogP contribution in [0.15, 0.2) is 23.1 Å². The van der Waals surface area contributed by atoms with Gasteiger partial charge in [0.15, 0.2) is 0 Å². The highest BCUT2D eigenvalue weighted by molar-refractivity contribution is 7.89. The third kappa shape index (κ3) is 3.97. The molecule has 1 aliphatic carbocycles. The highest BCUT2D eigenvalue weighted by Crippen LogP contribution is 2.29. The predicted octanol–water partition coefficient (Wildman–Crippen LogP) is 3.11. The molecular formula is C21H30N2O3S. The minimum Gasteiger partial charge on any atom is -0.340 e. The van der Waals surface area contributed by atoms with Crippen LogP contribution in [-0.4, -0.2) is 49.7 Å². The maximum absolute atomic E-state index is 13.3. The van der Waals surface area contributed by atoms with Gasteiger partial charge in [0.1, 0.15) is 0 Å². The van der Waals surface area contributed by atoms with Crippen LogP contribution in [0.2, 0.25) is 0 Å². The Kier molecular flexibility index (Phi) is 5.77. The van der Waals surface area contributed by atoms with Gasteiger partial charge in [0.2, 0.25) is 15.9 Å². The Labute approximate surface area is 163 Å². The Morgan fingerprint density at radius 1 is 1.04 bits per heavy atom. The van der Waals surface area contributed by atoms with E-state index >= 15 is 0 Å². The van der Waals surface area contributed by atoms with Crippen LogP contribution < -0.4 is 0 Å². The fourth-order valence-electron chi connectivity index (χ4n) is 4.09. The SMILES string of the molecule is Cc1cc(C)c(C)c(S(=O)(=O)N2CCN(C(=O)C[C@H]3C=CCC3)CC2)c1C. The molecule has 1 fully saturated rings. The minimum absolute atomic E-state index is 0.141. The Bertz CT molecular complexity index is 840. The average molecular weight is 391 g/mol. The molecule has 1 heterocycles. The van der Waals surface area contributed by atoms with Gasteiger partial charge in [0.25, 0.3) is 0 Å². The topological polar surface area (TPSA) is 57.7 Å². The molecule has 2 aliphatic rings. The maximum atomic E-state index is 13.3. The number of nitrogens with zero attached hydrogens (tertiary/aromatic N) is 2. The molecule has 5 nitrogen and oxygen atoms in total. The Hall–Kier alpha value is -1.66. The lowest BCUT2D eigenvalue weighted by molar-refractivity contribution is -0.133. The molecule has 0 aromatic heterocycles. The number of allylic oxidation sites excluding steroid dienone is 2. The summed E-state index contributed by atoms with van der Waals surface area (Å²) in [4.78, 5) is 14.8. The van der Waals surface area contributed by atoms with Gasteiger partial charge in [0, 0.05) is 32.6 Å². The van der Waals surface area contributed by atoms with Gasteiger partial charge in [-0.3, -0.25) is 4.79 Å². The van der Waals surface area contributed by atoms with Crippen LogP contribution in [0.3, 0.4) is 0 Å². The van der Waals surface area contributed by atoms with Crippen LogP contribution in [0.25, 0.3) is 0 Å². The molecule has 1 aromatic carbocycles. The molecule has 0 saturated carbocycles. The smallest absolute Gasteiger partial charge is 0.243 e. The van der Waals surface area contributed by atoms with Gasteiger partial charge in [0.05, 0.1) is 4.90 Å². The first-order valence-corrected chi connectivity index (χ1v) is 11.2. The molecule has 1 amide bonds. The number of sulfonamides is 1. The van der Waals surface area contributed by atoms with Crippen molar-refractivity contribution in [2.75, 3.05) is 26.2 Å². The van der Waals surface area contributed by atoms with Gasteiger partial charge in [-0.15, -0.1) is 0 Å². The highest BCUT2D eigenvalue weighted by Gasteiger charge is 2.33. The van der Waals surface area contributed by atoms with Crippen LogP contribution in [0.1, 0.15) is 41.5 Å². The van der Waals surface area contributed by atoms with Crippen molar-refractivity contribution in [3.63, 3.8) is 0 Å². The molecule has 1 aliphatic heterocycles. The zero-order valence-corrected chi connectivity index (χ0v) is 17.6. The molecule has 148 valence electrons. The standard InChI is InChI=1S/C21H30N2O3S/c1-15-13-16(2)18(4)21(17(15)3)27(25,26)23-11-9-22(10-12-23)20(24)14-19-7-5-6-8-19/h5,7,13,19H,6,8-12,14H2,1-4H3/t19-/m0/s1. The fraction of sp³-hybridized carbons (Fsp3) is 0.571. The molecule has 27 heavy (non-hydrogen) atoms. The number of carbonyl (C=O) groups excluding carboxylic acids is 1. The van der Waals surface area contributed by atoms with E-state index in [0.717, 1.165) is 35.1 Å². The molecule has 1 aromatic rings. The van der Waals surface area contributed by atoms with Crippen LogP contribution in [0, 0.1) is 33.6 Å². The summed E-state index contributed by atoms with van der Waals surface area (Å²) in [5, 5.41) is 0. The zero-order chi connectivity index (χ0) is 19.8. The van der Waals surface area contributed by atoms with Crippen LogP contribution in [0.5, 0.6) is 0 Å². The van der Waals surface area contributed by atoms with Crippen molar-refractivity contribution in [2.45, 2.75) is 51.9 Å². The molecule has 0 radical (unpaired) electrons. The third-order valence-electron chi connectivity index (χ3n) is 6.04. The average Bonchev–Trinajstić information content (AvgIpc) is 3.13. The number of hydrogen-bond donors (Lipinski definition) is 0. The van der Waals surface area contributed by atoms with Gasteiger partial charge in [-0.25, -0.2) is 8.42 Å². The number of carbonyl (C=O) groups is 1. The van der Waals surface area contributed by atoms with Crippen molar-refractivity contribution < 1.29 is 13.2 Å².